The van der Waals surface area contributed by atoms with Crippen LogP contribution in [0.5, 0.6) is 0 Å². The minimum absolute atomic E-state index is 0.0592. The fourth-order valence-corrected chi connectivity index (χ4v) is 5.14. The zero-order valence-corrected chi connectivity index (χ0v) is 17.7. The van der Waals surface area contributed by atoms with Gasteiger partial charge in [0.2, 0.25) is 0 Å². The molecule has 2 aliphatic heterocycles. The average molecular weight is 453 g/mol. The van der Waals surface area contributed by atoms with E-state index in [1.54, 1.807) is 18.2 Å². The van der Waals surface area contributed by atoms with Crippen LogP contribution in [0.25, 0.3) is 11.3 Å². The van der Waals surface area contributed by atoms with Crippen LogP contribution >= 0.6 is 23.2 Å². The maximum Gasteiger partial charge on any atom is 0.407 e. The van der Waals surface area contributed by atoms with Gasteiger partial charge in [-0.2, -0.15) is 0 Å². The van der Waals surface area contributed by atoms with E-state index in [0.717, 1.165) is 24.2 Å². The first kappa shape index (κ1) is 20.1. The topological polar surface area (TPSA) is 85.0 Å². The number of morpholine rings is 1. The van der Waals surface area contributed by atoms with Gasteiger partial charge in [0.05, 0.1) is 48.1 Å². The summed E-state index contributed by atoms with van der Waals surface area (Å²) >= 11 is 12.8. The van der Waals surface area contributed by atoms with E-state index >= 15 is 0 Å². The van der Waals surface area contributed by atoms with Crippen LogP contribution in [0.2, 0.25) is 10.0 Å². The minimum atomic E-state index is -0.891. The summed E-state index contributed by atoms with van der Waals surface area (Å²) in [5, 5.41) is 14.8. The van der Waals surface area contributed by atoms with E-state index in [4.69, 9.17) is 37.2 Å². The lowest BCUT2D eigenvalue weighted by Gasteiger charge is -2.46. The molecular formula is C21H22Cl2N2O5. The molecule has 1 amide bonds. The van der Waals surface area contributed by atoms with Crippen molar-refractivity contribution in [2.24, 2.45) is 0 Å². The van der Waals surface area contributed by atoms with Crippen LogP contribution in [0, 0.1) is 0 Å². The Bertz CT molecular complexity index is 927. The summed E-state index contributed by atoms with van der Waals surface area (Å²) in [5.41, 5.74) is 2.16. The van der Waals surface area contributed by atoms with Crippen LogP contribution in [0.15, 0.2) is 22.7 Å². The third-order valence-electron chi connectivity index (χ3n) is 6.13. The molecule has 1 N–H and O–H groups in total. The zero-order valence-electron chi connectivity index (χ0n) is 16.2. The third kappa shape index (κ3) is 3.68. The van der Waals surface area contributed by atoms with Crippen molar-refractivity contribution in [2.75, 3.05) is 13.2 Å². The normalized spacial score (nSPS) is 26.1. The molecule has 5 rings (SSSR count). The lowest BCUT2D eigenvalue weighted by atomic mass is 9.92. The van der Waals surface area contributed by atoms with Gasteiger partial charge in [-0.25, -0.2) is 4.79 Å². The molecule has 1 saturated carbocycles. The van der Waals surface area contributed by atoms with Gasteiger partial charge in [0.1, 0.15) is 11.5 Å². The van der Waals surface area contributed by atoms with E-state index in [9.17, 15) is 9.90 Å². The second-order valence-corrected chi connectivity index (χ2v) is 9.00. The summed E-state index contributed by atoms with van der Waals surface area (Å²) in [5.74, 6) is 1.19. The van der Waals surface area contributed by atoms with Crippen molar-refractivity contribution in [2.45, 2.75) is 56.4 Å². The number of hydrogen-bond donors (Lipinski definition) is 1. The number of rotatable bonds is 5. The van der Waals surface area contributed by atoms with E-state index in [1.165, 1.54) is 4.90 Å². The van der Waals surface area contributed by atoms with Crippen LogP contribution in [0.1, 0.15) is 42.9 Å². The van der Waals surface area contributed by atoms with E-state index in [-0.39, 0.29) is 18.2 Å². The largest absolute Gasteiger partial charge is 0.465 e. The molecule has 9 heteroatoms. The average Bonchev–Trinajstić information content (AvgIpc) is 3.46. The standard InChI is InChI=1S/C21H22Cl2N2O5/c22-16-2-1-3-17(23)18(16)19-15(20(30-24-19)11-4-5-11)10-29-14-6-12-8-28-9-13(7-14)25(12)21(26)27/h1-3,11-14H,4-10H2,(H,26,27)/t12-,13+,14?. The number of amides is 1. The SMILES string of the molecule is O=C(O)N1[C@@H]2COC[C@H]1CC(OCc1c(-c3c(Cl)cccc3Cl)noc1C1CC1)C2. The van der Waals surface area contributed by atoms with Crippen molar-refractivity contribution in [1.82, 2.24) is 10.1 Å². The van der Waals surface area contributed by atoms with Gasteiger partial charge < -0.3 is 19.1 Å². The molecule has 1 aromatic carbocycles. The zero-order chi connectivity index (χ0) is 20.8. The van der Waals surface area contributed by atoms with Gasteiger partial charge in [0, 0.05) is 17.0 Å². The highest BCUT2D eigenvalue weighted by Gasteiger charge is 2.42. The summed E-state index contributed by atoms with van der Waals surface area (Å²) in [6.07, 6.45) is 2.39. The summed E-state index contributed by atoms with van der Waals surface area (Å²) in [6.45, 7) is 1.14. The number of benzene rings is 1. The number of carbonyl (C=O) groups is 1. The first-order valence-corrected chi connectivity index (χ1v) is 10.9. The molecule has 1 unspecified atom stereocenters. The summed E-state index contributed by atoms with van der Waals surface area (Å²) in [7, 11) is 0. The maximum atomic E-state index is 11.6. The van der Waals surface area contributed by atoms with Gasteiger partial charge in [0.15, 0.2) is 0 Å². The number of halogens is 2. The van der Waals surface area contributed by atoms with Crippen LogP contribution < -0.4 is 0 Å². The molecule has 2 saturated heterocycles. The van der Waals surface area contributed by atoms with E-state index in [0.29, 0.717) is 59.9 Å². The maximum absolute atomic E-state index is 11.6. The van der Waals surface area contributed by atoms with Crippen molar-refractivity contribution < 1.29 is 23.9 Å². The predicted molar refractivity (Wildman–Crippen MR) is 110 cm³/mol. The van der Waals surface area contributed by atoms with Crippen LogP contribution in [-0.4, -0.2) is 52.7 Å². The number of fused-ring (bicyclic) bond motifs is 2. The molecule has 1 aromatic heterocycles. The van der Waals surface area contributed by atoms with E-state index in [2.05, 4.69) is 5.16 Å². The van der Waals surface area contributed by atoms with Gasteiger partial charge in [0.25, 0.3) is 0 Å². The molecule has 3 fully saturated rings. The Morgan fingerprint density at radius 3 is 2.47 bits per heavy atom. The molecule has 2 bridgehead atoms. The lowest BCUT2D eigenvalue weighted by Crippen LogP contribution is -2.60. The molecule has 1 aliphatic carbocycles. The summed E-state index contributed by atoms with van der Waals surface area (Å²) in [4.78, 5) is 13.1. The predicted octanol–water partition coefficient (Wildman–Crippen LogP) is 4.95. The molecular weight excluding hydrogens is 431 g/mol. The number of ether oxygens (including phenoxy) is 2. The number of aromatic nitrogens is 1. The molecule has 0 spiro atoms. The van der Waals surface area contributed by atoms with E-state index < -0.39 is 6.09 Å². The van der Waals surface area contributed by atoms with Gasteiger partial charge in [-0.15, -0.1) is 0 Å². The molecule has 30 heavy (non-hydrogen) atoms. The van der Waals surface area contributed by atoms with E-state index in [1.807, 2.05) is 0 Å². The third-order valence-corrected chi connectivity index (χ3v) is 6.76. The summed E-state index contributed by atoms with van der Waals surface area (Å²) < 4.78 is 17.5. The lowest BCUT2D eigenvalue weighted by molar-refractivity contribution is -0.109. The van der Waals surface area contributed by atoms with Crippen LogP contribution in [0.4, 0.5) is 4.79 Å². The van der Waals surface area contributed by atoms with Crippen LogP contribution in [0.3, 0.4) is 0 Å². The Hall–Kier alpha value is -1.80. The quantitative estimate of drug-likeness (QED) is 0.690. The molecule has 3 aliphatic rings. The first-order valence-electron chi connectivity index (χ1n) is 10.2. The number of nitrogens with zero attached hydrogens (tertiary/aromatic N) is 2. The molecule has 0 radical (unpaired) electrons. The number of hydrogen-bond acceptors (Lipinski definition) is 5. The summed E-state index contributed by atoms with van der Waals surface area (Å²) in [6, 6.07) is 5.00. The van der Waals surface area contributed by atoms with Gasteiger partial charge >= 0.3 is 6.09 Å². The number of carboxylic acid groups (broad SMARTS) is 1. The fraction of sp³-hybridized carbons (Fsp3) is 0.524. The minimum Gasteiger partial charge on any atom is -0.465 e. The Morgan fingerprint density at radius 2 is 1.87 bits per heavy atom. The van der Waals surface area contributed by atoms with Gasteiger partial charge in [-0.3, -0.25) is 4.90 Å². The highest BCUT2D eigenvalue weighted by Crippen LogP contribution is 2.46. The van der Waals surface area contributed by atoms with Gasteiger partial charge in [-0.1, -0.05) is 34.4 Å². The highest BCUT2D eigenvalue weighted by atomic mass is 35.5. The van der Waals surface area contributed by atoms with Gasteiger partial charge in [-0.05, 0) is 37.8 Å². The molecule has 3 heterocycles. The fourth-order valence-electron chi connectivity index (χ4n) is 4.56. The molecule has 160 valence electrons. The van der Waals surface area contributed by atoms with Crippen LogP contribution in [-0.2, 0) is 16.1 Å². The number of piperidine rings is 1. The highest BCUT2D eigenvalue weighted by molar-refractivity contribution is 6.39. The molecule has 7 nitrogen and oxygen atoms in total. The van der Waals surface area contributed by atoms with Crippen molar-refractivity contribution in [3.05, 3.63) is 39.6 Å². The second-order valence-electron chi connectivity index (χ2n) is 8.18. The second kappa shape index (κ2) is 8.04. The first-order chi connectivity index (χ1) is 14.5. The smallest absolute Gasteiger partial charge is 0.407 e. The Labute approximate surface area is 183 Å². The van der Waals surface area contributed by atoms with Crippen molar-refractivity contribution >= 4 is 29.3 Å². The Morgan fingerprint density at radius 1 is 1.20 bits per heavy atom. The monoisotopic (exact) mass is 452 g/mol. The van der Waals surface area contributed by atoms with Crippen molar-refractivity contribution in [3.8, 4) is 11.3 Å². The Balaban J connectivity index is 1.38. The van der Waals surface area contributed by atoms with Crippen molar-refractivity contribution in [1.29, 1.82) is 0 Å². The molecule has 3 atom stereocenters. The molecule has 2 aromatic rings. The Kier molecular flexibility index (Phi) is 5.39. The van der Waals surface area contributed by atoms with Crippen molar-refractivity contribution in [3.63, 3.8) is 0 Å².